The summed E-state index contributed by atoms with van der Waals surface area (Å²) in [6.07, 6.45) is 14.1. The van der Waals surface area contributed by atoms with Crippen molar-refractivity contribution in [1.29, 1.82) is 0 Å². The van der Waals surface area contributed by atoms with Crippen molar-refractivity contribution in [1.82, 2.24) is 0 Å². The first-order valence-corrected chi connectivity index (χ1v) is 7.82. The first-order valence-electron chi connectivity index (χ1n) is 7.82. The fraction of sp³-hybridized carbons (Fsp3) is 1.00. The highest BCUT2D eigenvalue weighted by atomic mass is 14.7. The third kappa shape index (κ3) is 3.98. The summed E-state index contributed by atoms with van der Waals surface area (Å²) < 4.78 is 0. The van der Waals surface area contributed by atoms with Gasteiger partial charge in [-0.2, -0.15) is 0 Å². The molecule has 2 N–H and O–H groups in total. The fourth-order valence-electron chi connectivity index (χ4n) is 3.81. The van der Waals surface area contributed by atoms with Gasteiger partial charge in [0, 0.05) is 6.04 Å². The minimum atomic E-state index is 0.492. The Bertz CT molecular complexity index is 218. The van der Waals surface area contributed by atoms with Crippen molar-refractivity contribution in [3.8, 4) is 0 Å². The van der Waals surface area contributed by atoms with Gasteiger partial charge in [0.25, 0.3) is 0 Å². The van der Waals surface area contributed by atoms with Crippen molar-refractivity contribution in [3.63, 3.8) is 0 Å². The van der Waals surface area contributed by atoms with Gasteiger partial charge in [-0.05, 0) is 55.8 Å². The molecule has 17 heavy (non-hydrogen) atoms. The molecule has 2 fully saturated rings. The maximum absolute atomic E-state index is 6.42. The van der Waals surface area contributed by atoms with E-state index in [-0.39, 0.29) is 0 Å². The summed E-state index contributed by atoms with van der Waals surface area (Å²) in [7, 11) is 0. The van der Waals surface area contributed by atoms with E-state index in [9.17, 15) is 0 Å². The Kier molecular flexibility index (Phi) is 4.52. The zero-order valence-corrected chi connectivity index (χ0v) is 11.9. The molecule has 2 aliphatic carbocycles. The molecule has 1 heteroatoms. The maximum Gasteiger partial charge on any atom is 0.00672 e. The summed E-state index contributed by atoms with van der Waals surface area (Å²) in [5, 5.41) is 0. The zero-order valence-electron chi connectivity index (χ0n) is 11.9. The molecule has 0 aromatic rings. The first-order chi connectivity index (χ1) is 8.07. The Morgan fingerprint density at radius 3 is 2.24 bits per heavy atom. The highest BCUT2D eigenvalue weighted by Gasteiger charge is 2.30. The zero-order chi connectivity index (χ0) is 12.3. The molecule has 1 nitrogen and oxygen atoms in total. The second-order valence-electron chi connectivity index (χ2n) is 7.39. The number of rotatable bonds is 4. The van der Waals surface area contributed by atoms with E-state index in [1.807, 2.05) is 0 Å². The van der Waals surface area contributed by atoms with Gasteiger partial charge in [-0.15, -0.1) is 0 Å². The molecule has 1 unspecified atom stereocenters. The quantitative estimate of drug-likeness (QED) is 0.765. The second kappa shape index (κ2) is 5.73. The summed E-state index contributed by atoms with van der Waals surface area (Å²) in [5.41, 5.74) is 7.00. The standard InChI is InChI=1S/C16H31N/c1-16(2)11-9-14(10-12-16)15(17)8-7-13-5-3-4-6-13/h13-15H,3-12,17H2,1-2H3. The van der Waals surface area contributed by atoms with Crippen LogP contribution in [-0.4, -0.2) is 6.04 Å². The summed E-state index contributed by atoms with van der Waals surface area (Å²) in [4.78, 5) is 0. The van der Waals surface area contributed by atoms with E-state index < -0.39 is 0 Å². The summed E-state index contributed by atoms with van der Waals surface area (Å²) in [5.74, 6) is 1.84. The van der Waals surface area contributed by atoms with E-state index in [4.69, 9.17) is 5.73 Å². The van der Waals surface area contributed by atoms with E-state index in [2.05, 4.69) is 13.8 Å². The lowest BCUT2D eigenvalue weighted by molar-refractivity contribution is 0.167. The molecule has 2 rings (SSSR count). The van der Waals surface area contributed by atoms with Crippen molar-refractivity contribution in [3.05, 3.63) is 0 Å². The van der Waals surface area contributed by atoms with Gasteiger partial charge in [-0.1, -0.05) is 39.5 Å². The Labute approximate surface area is 108 Å². The molecule has 0 aromatic heterocycles. The first kappa shape index (κ1) is 13.4. The minimum Gasteiger partial charge on any atom is -0.327 e. The van der Waals surface area contributed by atoms with Crippen molar-refractivity contribution in [2.24, 2.45) is 23.0 Å². The van der Waals surface area contributed by atoms with Crippen LogP contribution in [0, 0.1) is 17.3 Å². The predicted molar refractivity (Wildman–Crippen MR) is 74.9 cm³/mol. The third-order valence-corrected chi connectivity index (χ3v) is 5.37. The lowest BCUT2D eigenvalue weighted by atomic mass is 9.70. The Hall–Kier alpha value is -0.0400. The lowest BCUT2D eigenvalue weighted by Crippen LogP contribution is -2.35. The summed E-state index contributed by atoms with van der Waals surface area (Å²) in [6, 6.07) is 0.492. The molecular weight excluding hydrogens is 206 g/mol. The molecule has 0 spiro atoms. The maximum atomic E-state index is 6.42. The average Bonchev–Trinajstić information content (AvgIpc) is 2.78. The van der Waals surface area contributed by atoms with Gasteiger partial charge in [0.15, 0.2) is 0 Å². The summed E-state index contributed by atoms with van der Waals surface area (Å²) >= 11 is 0. The van der Waals surface area contributed by atoms with Crippen molar-refractivity contribution >= 4 is 0 Å². The molecule has 0 amide bonds. The Balaban J connectivity index is 1.67. The van der Waals surface area contributed by atoms with Crippen LogP contribution in [0.3, 0.4) is 0 Å². The van der Waals surface area contributed by atoms with Gasteiger partial charge in [-0.3, -0.25) is 0 Å². The Morgan fingerprint density at radius 1 is 1.06 bits per heavy atom. The molecule has 0 aliphatic heterocycles. The van der Waals surface area contributed by atoms with Crippen molar-refractivity contribution in [2.45, 2.75) is 84.1 Å². The largest absolute Gasteiger partial charge is 0.327 e. The molecule has 2 aliphatic rings. The smallest absolute Gasteiger partial charge is 0.00672 e. The van der Waals surface area contributed by atoms with Crippen LogP contribution >= 0.6 is 0 Å². The number of hydrogen-bond acceptors (Lipinski definition) is 1. The number of nitrogens with two attached hydrogens (primary N) is 1. The molecule has 0 saturated heterocycles. The van der Waals surface area contributed by atoms with E-state index in [1.165, 1.54) is 64.2 Å². The molecule has 100 valence electrons. The van der Waals surface area contributed by atoms with Gasteiger partial charge in [0.05, 0.1) is 0 Å². The highest BCUT2D eigenvalue weighted by Crippen LogP contribution is 2.40. The SMILES string of the molecule is CC1(C)CCC(C(N)CCC2CCCC2)CC1. The number of hydrogen-bond donors (Lipinski definition) is 1. The van der Waals surface area contributed by atoms with Gasteiger partial charge in [-0.25, -0.2) is 0 Å². The molecule has 2 saturated carbocycles. The minimum absolute atomic E-state index is 0.492. The molecule has 0 bridgehead atoms. The summed E-state index contributed by atoms with van der Waals surface area (Å²) in [6.45, 7) is 4.82. The molecule has 1 atom stereocenters. The van der Waals surface area contributed by atoms with E-state index in [0.29, 0.717) is 11.5 Å². The third-order valence-electron chi connectivity index (χ3n) is 5.37. The van der Waals surface area contributed by atoms with Gasteiger partial charge >= 0.3 is 0 Å². The van der Waals surface area contributed by atoms with Crippen molar-refractivity contribution in [2.75, 3.05) is 0 Å². The van der Waals surface area contributed by atoms with Crippen molar-refractivity contribution < 1.29 is 0 Å². The van der Waals surface area contributed by atoms with Gasteiger partial charge in [0.1, 0.15) is 0 Å². The van der Waals surface area contributed by atoms with Crippen LogP contribution in [0.25, 0.3) is 0 Å². The van der Waals surface area contributed by atoms with Crippen LogP contribution in [0.4, 0.5) is 0 Å². The van der Waals surface area contributed by atoms with Crippen LogP contribution in [0.15, 0.2) is 0 Å². The average molecular weight is 237 g/mol. The molecule has 0 heterocycles. The van der Waals surface area contributed by atoms with Gasteiger partial charge < -0.3 is 5.73 Å². The topological polar surface area (TPSA) is 26.0 Å². The molecule has 0 aromatic carbocycles. The second-order valence-corrected chi connectivity index (χ2v) is 7.39. The van der Waals surface area contributed by atoms with E-state index in [0.717, 1.165) is 11.8 Å². The monoisotopic (exact) mass is 237 g/mol. The van der Waals surface area contributed by atoms with Crippen LogP contribution in [0.1, 0.15) is 78.1 Å². The lowest BCUT2D eigenvalue weighted by Gasteiger charge is -2.37. The van der Waals surface area contributed by atoms with Crippen LogP contribution in [0.5, 0.6) is 0 Å². The fourth-order valence-corrected chi connectivity index (χ4v) is 3.81. The van der Waals surface area contributed by atoms with Crippen LogP contribution in [-0.2, 0) is 0 Å². The van der Waals surface area contributed by atoms with Crippen LogP contribution in [0.2, 0.25) is 0 Å². The van der Waals surface area contributed by atoms with E-state index in [1.54, 1.807) is 0 Å². The predicted octanol–water partition coefficient (Wildman–Crippen LogP) is 4.50. The normalized spacial score (nSPS) is 28.4. The molecular formula is C16H31N. The van der Waals surface area contributed by atoms with E-state index >= 15 is 0 Å². The molecule has 0 radical (unpaired) electrons. The van der Waals surface area contributed by atoms with Crippen LogP contribution < -0.4 is 5.73 Å². The highest BCUT2D eigenvalue weighted by molar-refractivity contribution is 4.84. The Morgan fingerprint density at radius 2 is 1.65 bits per heavy atom. The van der Waals surface area contributed by atoms with Gasteiger partial charge in [0.2, 0.25) is 0 Å².